The van der Waals surface area contributed by atoms with Gasteiger partial charge in [-0.3, -0.25) is 9.59 Å². The Hall–Kier alpha value is -0.470. The van der Waals surface area contributed by atoms with E-state index in [1.807, 2.05) is 0 Å². The third-order valence-electron chi connectivity index (χ3n) is 0.728. The quantitative estimate of drug-likeness (QED) is 0.260. The maximum absolute atomic E-state index is 10.4. The number of carbonyl (C=O) groups excluding carboxylic acids is 3. The van der Waals surface area contributed by atoms with Crippen molar-refractivity contribution in [2.24, 2.45) is 11.5 Å². The number of rotatable bonds is 2. The molecule has 7 nitrogen and oxygen atoms in total. The van der Waals surface area contributed by atoms with Gasteiger partial charge in [0.25, 0.3) is 0 Å². The number of hydrogen-bond donors (Lipinski definition) is 2. The summed E-state index contributed by atoms with van der Waals surface area (Å²) in [6.07, 6.45) is -1.42. The molecule has 4 N–H and O–H groups in total. The van der Waals surface area contributed by atoms with Gasteiger partial charge in [0.1, 0.15) is 0 Å². The number of nitrogens with two attached hydrogens (primary N) is 2. The van der Waals surface area contributed by atoms with E-state index >= 15 is 0 Å². The van der Waals surface area contributed by atoms with E-state index in [1.54, 1.807) is 0 Å². The van der Waals surface area contributed by atoms with Gasteiger partial charge in [0.15, 0.2) is 0 Å². The zero-order valence-corrected chi connectivity index (χ0v) is 9.11. The van der Waals surface area contributed by atoms with Crippen LogP contribution in [0.25, 0.3) is 0 Å². The molecule has 0 bridgehead atoms. The van der Waals surface area contributed by atoms with Crippen LogP contribution >= 0.6 is 0 Å². The van der Waals surface area contributed by atoms with Crippen molar-refractivity contribution in [3.8, 4) is 0 Å². The molecule has 0 rings (SSSR count). The predicted octanol–water partition coefficient (Wildman–Crippen LogP) is -4.77. The van der Waals surface area contributed by atoms with Gasteiger partial charge in [-0.2, -0.15) is 0 Å². The third kappa shape index (κ3) is 7.88. The van der Waals surface area contributed by atoms with Crippen molar-refractivity contribution in [2.45, 2.75) is 0 Å². The number of hydrogen-bond acceptors (Lipinski definition) is 7. The van der Waals surface area contributed by atoms with E-state index in [9.17, 15) is 14.4 Å². The first-order valence-electron chi connectivity index (χ1n) is 2.95. The second-order valence-corrected chi connectivity index (χ2v) is 1.61. The van der Waals surface area contributed by atoms with Crippen LogP contribution in [0, 0.1) is 0 Å². The average Bonchev–Trinajstić information content (AvgIpc) is 2.03. The Morgan fingerprint density at radius 3 is 1.54 bits per heavy atom. The van der Waals surface area contributed by atoms with Gasteiger partial charge in [0.05, 0.1) is 13.1 Å². The van der Waals surface area contributed by atoms with Crippen molar-refractivity contribution < 1.29 is 54.8 Å². The third-order valence-corrected chi connectivity index (χ3v) is 0.728. The van der Waals surface area contributed by atoms with E-state index in [0.717, 1.165) is 0 Å². The summed E-state index contributed by atoms with van der Waals surface area (Å²) >= 11 is 0. The van der Waals surface area contributed by atoms with E-state index in [2.05, 4.69) is 9.47 Å². The monoisotopic (exact) mass is 200 g/mol. The maximum atomic E-state index is 10.4. The van der Waals surface area contributed by atoms with E-state index in [0.29, 0.717) is 0 Å². The summed E-state index contributed by atoms with van der Waals surface area (Å²) < 4.78 is 7.74. The van der Waals surface area contributed by atoms with Crippen molar-refractivity contribution in [2.75, 3.05) is 13.1 Å². The molecule has 0 aliphatic heterocycles. The minimum atomic E-state index is -1.42. The maximum Gasteiger partial charge on any atom is 1.00 e. The Bertz CT molecular complexity index is 192. The van der Waals surface area contributed by atoms with Gasteiger partial charge in [0.2, 0.25) is 0 Å². The largest absolute Gasteiger partial charge is 1.00 e. The van der Waals surface area contributed by atoms with Gasteiger partial charge in [-0.15, -0.1) is 0 Å². The molecule has 0 spiro atoms. The van der Waals surface area contributed by atoms with Crippen LogP contribution in [0.2, 0.25) is 0 Å². The average molecular weight is 200 g/mol. The molecule has 0 saturated carbocycles. The molecule has 0 saturated heterocycles. The SMILES string of the molecule is NCC(=O)OC(=O)OC(=O)CN.[H-].[Na+]. The summed E-state index contributed by atoms with van der Waals surface area (Å²) in [6, 6.07) is 0. The molecule has 0 radical (unpaired) electrons. The molecular weight excluding hydrogens is 191 g/mol. The second kappa shape index (κ2) is 8.14. The van der Waals surface area contributed by atoms with E-state index < -0.39 is 31.2 Å². The van der Waals surface area contributed by atoms with E-state index in [1.165, 1.54) is 0 Å². The molecule has 0 aromatic heterocycles. The van der Waals surface area contributed by atoms with Crippen LogP contribution in [0.3, 0.4) is 0 Å². The van der Waals surface area contributed by atoms with Gasteiger partial charge in [-0.1, -0.05) is 0 Å². The first kappa shape index (κ1) is 15.0. The van der Waals surface area contributed by atoms with Crippen molar-refractivity contribution in [1.82, 2.24) is 0 Å². The first-order valence-corrected chi connectivity index (χ1v) is 2.95. The van der Waals surface area contributed by atoms with Gasteiger partial charge in [-0.25, -0.2) is 4.79 Å². The molecule has 0 unspecified atom stereocenters. The Morgan fingerprint density at radius 2 is 1.31 bits per heavy atom. The van der Waals surface area contributed by atoms with Crippen molar-refractivity contribution >= 4 is 18.1 Å². The second-order valence-electron chi connectivity index (χ2n) is 1.61. The molecule has 0 aromatic rings. The molecule has 0 heterocycles. The molecule has 0 aromatic carbocycles. The van der Waals surface area contributed by atoms with Gasteiger partial charge in [-0.05, 0) is 0 Å². The number of ether oxygens (including phenoxy) is 2. The molecule has 0 aliphatic carbocycles. The topological polar surface area (TPSA) is 122 Å². The fourth-order valence-electron chi connectivity index (χ4n) is 0.290. The molecule has 0 atom stereocenters. The summed E-state index contributed by atoms with van der Waals surface area (Å²) in [5.41, 5.74) is 9.58. The van der Waals surface area contributed by atoms with Gasteiger partial charge < -0.3 is 22.4 Å². The molecule has 0 aliphatic rings. The standard InChI is InChI=1S/C5H8N2O5.Na.H/c6-1-3(8)11-5(10)12-4(9)2-7;;/h1-2,6-7H2;;/q;+1;-1. The molecule has 13 heavy (non-hydrogen) atoms. The van der Waals surface area contributed by atoms with Crippen molar-refractivity contribution in [3.63, 3.8) is 0 Å². The molecule has 0 fully saturated rings. The number of carbonyl (C=O) groups is 3. The van der Waals surface area contributed by atoms with Crippen molar-refractivity contribution in [1.29, 1.82) is 0 Å². The van der Waals surface area contributed by atoms with E-state index in [-0.39, 0.29) is 31.0 Å². The number of esters is 2. The summed E-state index contributed by atoms with van der Waals surface area (Å²) in [5, 5.41) is 0. The van der Waals surface area contributed by atoms with Crippen LogP contribution in [0.5, 0.6) is 0 Å². The predicted molar refractivity (Wildman–Crippen MR) is 36.8 cm³/mol. The van der Waals surface area contributed by atoms with Gasteiger partial charge in [0, 0.05) is 0 Å². The van der Waals surface area contributed by atoms with Gasteiger partial charge >= 0.3 is 47.7 Å². The Kier molecular flexibility index (Phi) is 9.41. The van der Waals surface area contributed by atoms with E-state index in [4.69, 9.17) is 11.5 Å². The Morgan fingerprint density at radius 1 is 1.00 bits per heavy atom. The molecule has 70 valence electrons. The Labute approximate surface area is 97.5 Å². The van der Waals surface area contributed by atoms with Crippen LogP contribution < -0.4 is 41.0 Å². The van der Waals surface area contributed by atoms with Crippen molar-refractivity contribution in [3.05, 3.63) is 0 Å². The van der Waals surface area contributed by atoms with Crippen LogP contribution in [-0.4, -0.2) is 31.2 Å². The van der Waals surface area contributed by atoms with Crippen LogP contribution in [0.4, 0.5) is 4.79 Å². The first-order chi connectivity index (χ1) is 5.60. The summed E-state index contributed by atoms with van der Waals surface area (Å²) in [7, 11) is 0. The minimum Gasteiger partial charge on any atom is -1.00 e. The summed E-state index contributed by atoms with van der Waals surface area (Å²) in [5.74, 6) is -1.96. The zero-order valence-electron chi connectivity index (χ0n) is 8.11. The van der Waals surface area contributed by atoms with Crippen LogP contribution in [-0.2, 0) is 19.1 Å². The normalized spacial score (nSPS) is 8.15. The fourth-order valence-corrected chi connectivity index (χ4v) is 0.290. The minimum absolute atomic E-state index is 0. The van der Waals surface area contributed by atoms with Crippen LogP contribution in [0.15, 0.2) is 0 Å². The molecular formula is C5H9N2NaO5. The zero-order chi connectivity index (χ0) is 9.56. The summed E-state index contributed by atoms with van der Waals surface area (Å²) in [4.78, 5) is 31.0. The fraction of sp³-hybridized carbons (Fsp3) is 0.400. The molecule has 0 amide bonds. The molecule has 8 heteroatoms. The summed E-state index contributed by atoms with van der Waals surface area (Å²) in [6.45, 7) is -0.933. The Balaban J connectivity index is -0.000000605. The smallest absolute Gasteiger partial charge is 1.00 e. The van der Waals surface area contributed by atoms with Crippen LogP contribution in [0.1, 0.15) is 1.43 Å².